The third kappa shape index (κ3) is 8.90. The minimum absolute atomic E-state index is 0.0929. The van der Waals surface area contributed by atoms with Crippen molar-refractivity contribution >= 4 is 89.4 Å². The van der Waals surface area contributed by atoms with Gasteiger partial charge in [-0.2, -0.15) is 57.5 Å². The summed E-state index contributed by atoms with van der Waals surface area (Å²) < 4.78 is 65.5. The second-order valence-electron chi connectivity index (χ2n) is 14.1. The van der Waals surface area contributed by atoms with Gasteiger partial charge in [-0.1, -0.05) is 77.8 Å². The average molecular weight is 902 g/mol. The number of nitrogens with zero attached hydrogens (tertiary/aromatic N) is 8. The zero-order valence-corrected chi connectivity index (χ0v) is 35.7. The molecule has 20 heteroatoms. The summed E-state index contributed by atoms with van der Waals surface area (Å²) in [6.45, 7) is 6.31. The number of carbonyl (C=O) groups excluding carboxylic acids is 2. The number of carbonyl (C=O) groups is 2. The van der Waals surface area contributed by atoms with E-state index in [1.165, 1.54) is 12.1 Å². The quantitative estimate of drug-likeness (QED) is 0.0737. The van der Waals surface area contributed by atoms with E-state index in [4.69, 9.17) is 23.2 Å². The molecule has 2 aliphatic rings. The Morgan fingerprint density at radius 1 is 0.574 bits per heavy atom. The SMILES string of the molecule is CC1=NN(c2c(C)cc(S(=O)(=O)O)cc2Cl)C(=O)C1N=Nc1ccc(C(c2ccccc2)c2ccc(N=NC3C(=O)N(c4c(C)cc(S(=O)(=O)O)cc4Cl)N=C3C)cc2)cc1. The van der Waals surface area contributed by atoms with Crippen LogP contribution in [0.4, 0.5) is 22.7 Å². The number of hydrazone groups is 2. The van der Waals surface area contributed by atoms with Gasteiger partial charge in [-0.3, -0.25) is 18.7 Å². The number of hydrogen-bond acceptors (Lipinski definition) is 12. The van der Waals surface area contributed by atoms with Crippen molar-refractivity contribution in [2.24, 2.45) is 30.7 Å². The van der Waals surface area contributed by atoms with Crippen LogP contribution in [0.2, 0.25) is 10.0 Å². The lowest BCUT2D eigenvalue weighted by molar-refractivity contribution is -0.118. The Morgan fingerprint density at radius 2 is 0.934 bits per heavy atom. The number of aryl methyl sites for hydroxylation is 2. The highest BCUT2D eigenvalue weighted by molar-refractivity contribution is 7.86. The summed E-state index contributed by atoms with van der Waals surface area (Å²) in [6, 6.07) is 27.0. The second kappa shape index (κ2) is 16.8. The Labute approximate surface area is 360 Å². The van der Waals surface area contributed by atoms with Crippen LogP contribution < -0.4 is 10.0 Å². The number of azo groups is 2. The van der Waals surface area contributed by atoms with E-state index in [1.54, 1.807) is 52.0 Å². The fraction of sp³-hybridized carbons (Fsp3) is 0.171. The lowest BCUT2D eigenvalue weighted by Crippen LogP contribution is -2.30. The molecule has 0 saturated carbocycles. The standard InChI is InChI=1S/C41H34Cl2N8O8S2/c1-22-18-31(60(54,55)56)20-33(42)38(22)50-40(52)36(24(3)48-50)46-44-29-14-10-27(11-15-29)35(26-8-6-5-7-9-26)28-12-16-30(17-13-28)45-47-37-25(4)49-51(41(37)53)39-23(2)19-32(21-34(39)43)61(57,58)59/h5-21,35-37H,1-4H3,(H,54,55,56)(H,57,58,59). The van der Waals surface area contributed by atoms with Gasteiger partial charge in [-0.25, -0.2) is 0 Å². The molecule has 312 valence electrons. The van der Waals surface area contributed by atoms with E-state index in [1.807, 2.05) is 54.6 Å². The fourth-order valence-electron chi connectivity index (χ4n) is 6.88. The van der Waals surface area contributed by atoms with Crippen LogP contribution in [0.25, 0.3) is 0 Å². The molecule has 5 aromatic carbocycles. The van der Waals surface area contributed by atoms with Crippen molar-refractivity contribution in [3.63, 3.8) is 0 Å². The third-order valence-electron chi connectivity index (χ3n) is 9.83. The fourth-order valence-corrected chi connectivity index (χ4v) is 8.89. The van der Waals surface area contributed by atoms with Crippen molar-refractivity contribution < 1.29 is 35.5 Å². The van der Waals surface area contributed by atoms with Gasteiger partial charge in [0.05, 0.1) is 54.0 Å². The molecule has 0 spiro atoms. The maximum absolute atomic E-state index is 13.4. The van der Waals surface area contributed by atoms with Crippen molar-refractivity contribution in [1.82, 2.24) is 0 Å². The van der Waals surface area contributed by atoms with Crippen LogP contribution in [0.15, 0.2) is 144 Å². The number of amides is 2. The van der Waals surface area contributed by atoms with Gasteiger partial charge in [0.25, 0.3) is 32.1 Å². The molecule has 2 aliphatic heterocycles. The van der Waals surface area contributed by atoms with Crippen LogP contribution in [0.3, 0.4) is 0 Å². The van der Waals surface area contributed by atoms with E-state index in [9.17, 15) is 35.5 Å². The summed E-state index contributed by atoms with van der Waals surface area (Å²) in [5.74, 6) is -1.29. The molecule has 5 aromatic rings. The summed E-state index contributed by atoms with van der Waals surface area (Å²) in [6.07, 6.45) is 0. The van der Waals surface area contributed by atoms with E-state index >= 15 is 0 Å². The first-order valence-corrected chi connectivity index (χ1v) is 21.9. The van der Waals surface area contributed by atoms with Crippen molar-refractivity contribution in [3.8, 4) is 0 Å². The van der Waals surface area contributed by atoms with Gasteiger partial charge in [0.1, 0.15) is 0 Å². The Hall–Kier alpha value is -6.02. The van der Waals surface area contributed by atoms with Crippen molar-refractivity contribution in [1.29, 1.82) is 0 Å². The normalized spacial score (nSPS) is 17.8. The van der Waals surface area contributed by atoms with Crippen LogP contribution in [0, 0.1) is 13.8 Å². The predicted octanol–water partition coefficient (Wildman–Crippen LogP) is 9.03. The molecule has 2 unspecified atom stereocenters. The molecule has 0 fully saturated rings. The highest BCUT2D eigenvalue weighted by atomic mass is 35.5. The van der Waals surface area contributed by atoms with Crippen molar-refractivity contribution in [3.05, 3.63) is 141 Å². The molecule has 2 amide bonds. The first-order chi connectivity index (χ1) is 28.8. The Morgan fingerprint density at radius 3 is 1.28 bits per heavy atom. The number of benzene rings is 5. The summed E-state index contributed by atoms with van der Waals surface area (Å²) in [5.41, 5.74) is 5.45. The monoisotopic (exact) mass is 900 g/mol. The molecule has 2 atom stereocenters. The highest BCUT2D eigenvalue weighted by Crippen LogP contribution is 2.38. The molecule has 61 heavy (non-hydrogen) atoms. The van der Waals surface area contributed by atoms with E-state index in [2.05, 4.69) is 30.7 Å². The summed E-state index contributed by atoms with van der Waals surface area (Å²) >= 11 is 12.7. The molecule has 2 heterocycles. The molecular weight excluding hydrogens is 868 g/mol. The maximum Gasteiger partial charge on any atom is 0.294 e. The summed E-state index contributed by atoms with van der Waals surface area (Å²) in [7, 11) is -9.05. The third-order valence-corrected chi connectivity index (χ3v) is 12.1. The lowest BCUT2D eigenvalue weighted by Gasteiger charge is -2.19. The Kier molecular flexibility index (Phi) is 11.9. The first kappa shape index (κ1) is 43.1. The molecule has 0 aromatic heterocycles. The van der Waals surface area contributed by atoms with Gasteiger partial charge in [0.2, 0.25) is 0 Å². The molecule has 0 aliphatic carbocycles. The second-order valence-corrected chi connectivity index (χ2v) is 17.8. The Balaban J connectivity index is 1.07. The molecule has 2 N–H and O–H groups in total. The number of hydrogen-bond donors (Lipinski definition) is 2. The maximum atomic E-state index is 13.4. The minimum Gasteiger partial charge on any atom is -0.282 e. The van der Waals surface area contributed by atoms with Crippen molar-refractivity contribution in [2.75, 3.05) is 10.0 Å². The molecule has 0 radical (unpaired) electrons. The van der Waals surface area contributed by atoms with Crippen LogP contribution in [-0.2, 0) is 29.8 Å². The van der Waals surface area contributed by atoms with E-state index in [0.717, 1.165) is 38.8 Å². The van der Waals surface area contributed by atoms with Gasteiger partial charge in [0.15, 0.2) is 12.1 Å². The van der Waals surface area contributed by atoms with Crippen LogP contribution >= 0.6 is 23.2 Å². The highest BCUT2D eigenvalue weighted by Gasteiger charge is 2.38. The van der Waals surface area contributed by atoms with Gasteiger partial charge in [0, 0.05) is 5.92 Å². The smallest absolute Gasteiger partial charge is 0.282 e. The van der Waals surface area contributed by atoms with Gasteiger partial charge in [-0.15, -0.1) is 0 Å². The molecule has 0 bridgehead atoms. The predicted molar refractivity (Wildman–Crippen MR) is 230 cm³/mol. The van der Waals surface area contributed by atoms with Gasteiger partial charge >= 0.3 is 0 Å². The van der Waals surface area contributed by atoms with Crippen LogP contribution in [0.1, 0.15) is 47.6 Å². The van der Waals surface area contributed by atoms with E-state index in [0.29, 0.717) is 33.9 Å². The minimum atomic E-state index is -4.52. The zero-order chi connectivity index (χ0) is 44.0. The van der Waals surface area contributed by atoms with Gasteiger partial charge in [-0.05, 0) is 104 Å². The largest absolute Gasteiger partial charge is 0.294 e. The molecular formula is C41H34Cl2N8O8S2. The number of anilines is 2. The van der Waals surface area contributed by atoms with E-state index < -0.39 is 53.9 Å². The number of rotatable bonds is 11. The van der Waals surface area contributed by atoms with Crippen LogP contribution in [-0.4, -0.2) is 61.3 Å². The summed E-state index contributed by atoms with van der Waals surface area (Å²) in [4.78, 5) is 26.1. The lowest BCUT2D eigenvalue weighted by atomic mass is 9.85. The van der Waals surface area contributed by atoms with E-state index in [-0.39, 0.29) is 27.3 Å². The van der Waals surface area contributed by atoms with Gasteiger partial charge < -0.3 is 0 Å². The molecule has 7 rings (SSSR count). The van der Waals surface area contributed by atoms with Crippen LogP contribution in [0.5, 0.6) is 0 Å². The molecule has 0 saturated heterocycles. The first-order valence-electron chi connectivity index (χ1n) is 18.2. The average Bonchev–Trinajstić information content (AvgIpc) is 3.64. The Bertz CT molecular complexity index is 2720. The summed E-state index contributed by atoms with van der Waals surface area (Å²) in [5, 5.41) is 27.8. The van der Waals surface area contributed by atoms with Crippen molar-refractivity contribution in [2.45, 2.75) is 55.5 Å². The number of halogens is 2. The molecule has 16 nitrogen and oxygen atoms in total. The zero-order valence-electron chi connectivity index (χ0n) is 32.5. The topological polar surface area (TPSA) is 224 Å².